The molecule has 0 spiro atoms. The average Bonchev–Trinajstić information content (AvgIpc) is 2.39. The third-order valence-electron chi connectivity index (χ3n) is 3.54. The van der Waals surface area contributed by atoms with Crippen LogP contribution in [0.5, 0.6) is 0 Å². The van der Waals surface area contributed by atoms with Crippen LogP contribution in [0.3, 0.4) is 0 Å². The number of carbonyl (C=O) groups is 1. The molecule has 3 heteroatoms. The second-order valence-electron chi connectivity index (χ2n) is 4.81. The Kier molecular flexibility index (Phi) is 5.35. The van der Waals surface area contributed by atoms with Crippen molar-refractivity contribution < 1.29 is 9.90 Å². The molecule has 0 saturated heterocycles. The van der Waals surface area contributed by atoms with Crippen molar-refractivity contribution in [3.8, 4) is 0 Å². The summed E-state index contributed by atoms with van der Waals surface area (Å²) in [4.78, 5) is 11.8. The Labute approximate surface area is 109 Å². The molecule has 0 fully saturated rings. The monoisotopic (exact) mass is 249 g/mol. The van der Waals surface area contributed by atoms with Crippen molar-refractivity contribution in [2.24, 2.45) is 0 Å². The molecular formula is C15H23NO2. The zero-order valence-electron chi connectivity index (χ0n) is 11.5. The lowest BCUT2D eigenvalue weighted by molar-refractivity contribution is -0.121. The fraction of sp³-hybridized carbons (Fsp3) is 0.533. The van der Waals surface area contributed by atoms with Gasteiger partial charge in [-0.25, -0.2) is 0 Å². The molecule has 0 atom stereocenters. The second-order valence-corrected chi connectivity index (χ2v) is 4.81. The summed E-state index contributed by atoms with van der Waals surface area (Å²) in [7, 11) is 0. The maximum Gasteiger partial charge on any atom is 0.224 e. The quantitative estimate of drug-likeness (QED) is 0.812. The van der Waals surface area contributed by atoms with E-state index in [4.69, 9.17) is 0 Å². The summed E-state index contributed by atoms with van der Waals surface area (Å²) < 4.78 is 0. The van der Waals surface area contributed by atoms with E-state index in [9.17, 15) is 9.90 Å². The van der Waals surface area contributed by atoms with Crippen molar-refractivity contribution >= 4 is 5.91 Å². The summed E-state index contributed by atoms with van der Waals surface area (Å²) >= 11 is 0. The number of amides is 1. The van der Waals surface area contributed by atoms with Gasteiger partial charge < -0.3 is 10.4 Å². The van der Waals surface area contributed by atoms with Gasteiger partial charge in [-0.2, -0.15) is 0 Å². The van der Waals surface area contributed by atoms with Gasteiger partial charge in [0.25, 0.3) is 0 Å². The van der Waals surface area contributed by atoms with Gasteiger partial charge >= 0.3 is 0 Å². The van der Waals surface area contributed by atoms with Gasteiger partial charge in [0.05, 0.1) is 12.0 Å². The number of benzene rings is 1. The van der Waals surface area contributed by atoms with E-state index in [1.165, 1.54) is 0 Å². The molecule has 0 heterocycles. The van der Waals surface area contributed by atoms with Crippen LogP contribution < -0.4 is 5.32 Å². The van der Waals surface area contributed by atoms with Crippen LogP contribution >= 0.6 is 0 Å². The van der Waals surface area contributed by atoms with Crippen LogP contribution in [0.1, 0.15) is 37.8 Å². The number of rotatable bonds is 6. The SMILES string of the molecule is CCC(O)(CC)CNC(=O)Cc1ccccc1C. The van der Waals surface area contributed by atoms with E-state index < -0.39 is 5.60 Å². The van der Waals surface area contributed by atoms with Crippen LogP contribution in [0.2, 0.25) is 0 Å². The first kappa shape index (κ1) is 14.7. The zero-order valence-corrected chi connectivity index (χ0v) is 11.5. The number of hydrogen-bond donors (Lipinski definition) is 2. The Bertz CT molecular complexity index is 397. The van der Waals surface area contributed by atoms with Crippen LogP contribution in [0.4, 0.5) is 0 Å². The summed E-state index contributed by atoms with van der Waals surface area (Å²) in [5.41, 5.74) is 1.38. The predicted molar refractivity (Wildman–Crippen MR) is 73.4 cm³/mol. The molecule has 0 unspecified atom stereocenters. The molecule has 0 bridgehead atoms. The minimum atomic E-state index is -0.776. The molecule has 18 heavy (non-hydrogen) atoms. The van der Waals surface area contributed by atoms with Crippen LogP contribution in [0.15, 0.2) is 24.3 Å². The van der Waals surface area contributed by atoms with Crippen molar-refractivity contribution in [2.45, 2.75) is 45.6 Å². The number of aryl methyl sites for hydroxylation is 1. The minimum absolute atomic E-state index is 0.0374. The van der Waals surface area contributed by atoms with E-state index in [1.54, 1.807) is 0 Å². The van der Waals surface area contributed by atoms with Gasteiger partial charge in [0.2, 0.25) is 5.91 Å². The maximum atomic E-state index is 11.8. The molecule has 0 aromatic heterocycles. The topological polar surface area (TPSA) is 49.3 Å². The number of nitrogens with one attached hydrogen (secondary N) is 1. The number of aliphatic hydroxyl groups is 1. The summed E-state index contributed by atoms with van der Waals surface area (Å²) in [6.07, 6.45) is 1.67. The van der Waals surface area contributed by atoms with Crippen LogP contribution in [-0.2, 0) is 11.2 Å². The fourth-order valence-electron chi connectivity index (χ4n) is 1.81. The fourth-order valence-corrected chi connectivity index (χ4v) is 1.81. The molecule has 1 amide bonds. The van der Waals surface area contributed by atoms with E-state index in [0.29, 0.717) is 25.8 Å². The highest BCUT2D eigenvalue weighted by Crippen LogP contribution is 2.13. The van der Waals surface area contributed by atoms with Crippen molar-refractivity contribution in [3.05, 3.63) is 35.4 Å². The van der Waals surface area contributed by atoms with Gasteiger partial charge in [-0.15, -0.1) is 0 Å². The summed E-state index contributed by atoms with van der Waals surface area (Å²) in [6.45, 7) is 6.18. The molecule has 100 valence electrons. The molecule has 3 nitrogen and oxygen atoms in total. The van der Waals surface area contributed by atoms with Crippen molar-refractivity contribution in [1.29, 1.82) is 0 Å². The maximum absolute atomic E-state index is 11.8. The molecule has 0 saturated carbocycles. The molecule has 0 aliphatic heterocycles. The Morgan fingerprint density at radius 1 is 1.28 bits per heavy atom. The molecular weight excluding hydrogens is 226 g/mol. The van der Waals surface area contributed by atoms with Crippen molar-refractivity contribution in [3.63, 3.8) is 0 Å². The van der Waals surface area contributed by atoms with Gasteiger partial charge in [-0.3, -0.25) is 4.79 Å². The molecule has 1 aromatic carbocycles. The van der Waals surface area contributed by atoms with E-state index in [-0.39, 0.29) is 5.91 Å². The molecule has 1 aromatic rings. The van der Waals surface area contributed by atoms with Gasteiger partial charge in [0.1, 0.15) is 0 Å². The van der Waals surface area contributed by atoms with E-state index in [2.05, 4.69) is 5.32 Å². The van der Waals surface area contributed by atoms with Crippen molar-refractivity contribution in [2.75, 3.05) is 6.54 Å². The Hall–Kier alpha value is -1.35. The highest BCUT2D eigenvalue weighted by Gasteiger charge is 2.22. The number of hydrogen-bond acceptors (Lipinski definition) is 2. The van der Waals surface area contributed by atoms with Gasteiger partial charge in [-0.05, 0) is 30.9 Å². The highest BCUT2D eigenvalue weighted by atomic mass is 16.3. The largest absolute Gasteiger partial charge is 0.388 e. The number of carbonyl (C=O) groups excluding carboxylic acids is 1. The van der Waals surface area contributed by atoms with Crippen LogP contribution in [0.25, 0.3) is 0 Å². The van der Waals surface area contributed by atoms with E-state index >= 15 is 0 Å². The lowest BCUT2D eigenvalue weighted by Crippen LogP contribution is -2.42. The Morgan fingerprint density at radius 3 is 2.44 bits per heavy atom. The minimum Gasteiger partial charge on any atom is -0.388 e. The first-order chi connectivity index (χ1) is 8.50. The molecule has 0 aliphatic rings. The molecule has 1 rings (SSSR count). The first-order valence-electron chi connectivity index (χ1n) is 6.54. The summed E-state index contributed by atoms with van der Waals surface area (Å²) in [6, 6.07) is 7.85. The molecule has 0 radical (unpaired) electrons. The first-order valence-corrected chi connectivity index (χ1v) is 6.54. The van der Waals surface area contributed by atoms with E-state index in [0.717, 1.165) is 11.1 Å². The van der Waals surface area contributed by atoms with Crippen molar-refractivity contribution in [1.82, 2.24) is 5.32 Å². The predicted octanol–water partition coefficient (Wildman–Crippen LogP) is 2.20. The lowest BCUT2D eigenvalue weighted by atomic mass is 9.97. The third kappa shape index (κ3) is 4.15. The standard InChI is InChI=1S/C15H23NO2/c1-4-15(18,5-2)11-16-14(17)10-13-9-7-6-8-12(13)3/h6-9,18H,4-5,10-11H2,1-3H3,(H,16,17). The normalized spacial score (nSPS) is 11.3. The zero-order chi connectivity index (χ0) is 13.6. The van der Waals surface area contributed by atoms with Crippen LogP contribution in [-0.4, -0.2) is 23.2 Å². The van der Waals surface area contributed by atoms with E-state index in [1.807, 2.05) is 45.0 Å². The van der Waals surface area contributed by atoms with Gasteiger partial charge in [0, 0.05) is 6.54 Å². The molecule has 2 N–H and O–H groups in total. The van der Waals surface area contributed by atoms with Crippen LogP contribution in [0, 0.1) is 6.92 Å². The average molecular weight is 249 g/mol. The Balaban J connectivity index is 2.50. The summed E-state index contributed by atoms with van der Waals surface area (Å²) in [5.74, 6) is -0.0374. The molecule has 0 aliphatic carbocycles. The third-order valence-corrected chi connectivity index (χ3v) is 3.54. The smallest absolute Gasteiger partial charge is 0.224 e. The highest BCUT2D eigenvalue weighted by molar-refractivity contribution is 5.78. The summed E-state index contributed by atoms with van der Waals surface area (Å²) in [5, 5.41) is 12.9. The lowest BCUT2D eigenvalue weighted by Gasteiger charge is -2.25. The Morgan fingerprint density at radius 2 is 1.89 bits per heavy atom. The van der Waals surface area contributed by atoms with Gasteiger partial charge in [0.15, 0.2) is 0 Å². The van der Waals surface area contributed by atoms with Gasteiger partial charge in [-0.1, -0.05) is 38.1 Å². The second kappa shape index (κ2) is 6.55.